The van der Waals surface area contributed by atoms with E-state index < -0.39 is 0 Å². The van der Waals surface area contributed by atoms with E-state index in [9.17, 15) is 4.79 Å². The number of para-hydroxylation sites is 1. The number of hydrazone groups is 1. The summed E-state index contributed by atoms with van der Waals surface area (Å²) in [5, 5.41) is 11.5. The van der Waals surface area contributed by atoms with Gasteiger partial charge in [-0.25, -0.2) is 10.4 Å². The summed E-state index contributed by atoms with van der Waals surface area (Å²) in [4.78, 5) is 17.4. The molecule has 0 atom stereocenters. The van der Waals surface area contributed by atoms with Gasteiger partial charge in [0.15, 0.2) is 16.6 Å². The predicted octanol–water partition coefficient (Wildman–Crippen LogP) is 9.26. The van der Waals surface area contributed by atoms with Gasteiger partial charge in [-0.05, 0) is 61.0 Å². The maximum Gasteiger partial charge on any atom is 0.271 e. The van der Waals surface area contributed by atoms with Crippen molar-refractivity contribution in [1.29, 1.82) is 0 Å². The van der Waals surface area contributed by atoms with Crippen molar-refractivity contribution in [2.45, 2.75) is 13.5 Å². The highest BCUT2D eigenvalue weighted by Crippen LogP contribution is 2.37. The number of aromatic nitrogens is 1. The molecule has 1 amide bonds. The summed E-state index contributed by atoms with van der Waals surface area (Å²) in [7, 11) is 0. The molecule has 0 fully saturated rings. The second-order valence-corrected chi connectivity index (χ2v) is 11.2. The van der Waals surface area contributed by atoms with Gasteiger partial charge in [-0.15, -0.1) is 11.3 Å². The Morgan fingerprint density at radius 1 is 0.953 bits per heavy atom. The smallest absolute Gasteiger partial charge is 0.271 e. The van der Waals surface area contributed by atoms with E-state index in [2.05, 4.69) is 20.8 Å². The number of halogens is 3. The first-order chi connectivity index (χ1) is 20.9. The van der Waals surface area contributed by atoms with Crippen LogP contribution in [0.1, 0.15) is 28.4 Å². The average molecular weight is 652 g/mol. The van der Waals surface area contributed by atoms with Crippen LogP contribution in [-0.4, -0.2) is 23.7 Å². The summed E-state index contributed by atoms with van der Waals surface area (Å²) in [6, 6.07) is 25.6. The molecule has 1 heterocycles. The monoisotopic (exact) mass is 650 g/mol. The quantitative estimate of drug-likeness (QED) is 0.110. The second kappa shape index (κ2) is 14.4. The summed E-state index contributed by atoms with van der Waals surface area (Å²) in [6.45, 7) is 2.43. The number of thiazole rings is 1. The van der Waals surface area contributed by atoms with Crippen LogP contribution in [0.5, 0.6) is 11.5 Å². The Kier molecular flexibility index (Phi) is 10.2. The maximum atomic E-state index is 12.7. The molecule has 0 aliphatic heterocycles. The van der Waals surface area contributed by atoms with Crippen LogP contribution in [0, 0.1) is 0 Å². The van der Waals surface area contributed by atoms with Crippen molar-refractivity contribution in [2.75, 3.05) is 11.9 Å². The molecule has 7 nitrogen and oxygen atoms in total. The van der Waals surface area contributed by atoms with E-state index in [1.807, 2.05) is 54.8 Å². The minimum atomic E-state index is -0.358. The van der Waals surface area contributed by atoms with Crippen LogP contribution < -0.4 is 20.2 Å². The topological polar surface area (TPSA) is 84.8 Å². The van der Waals surface area contributed by atoms with Gasteiger partial charge in [0.1, 0.15) is 6.61 Å². The van der Waals surface area contributed by atoms with E-state index in [0.717, 1.165) is 27.6 Å². The molecule has 0 unspecified atom stereocenters. The van der Waals surface area contributed by atoms with Gasteiger partial charge in [-0.1, -0.05) is 71.2 Å². The summed E-state index contributed by atoms with van der Waals surface area (Å²) in [6.07, 6.45) is 1.48. The first-order valence-corrected chi connectivity index (χ1v) is 15.2. The molecule has 4 aromatic carbocycles. The van der Waals surface area contributed by atoms with Gasteiger partial charge < -0.3 is 14.8 Å². The fraction of sp³-hybridized carbons (Fsp3) is 0.0938. The molecule has 0 aliphatic carbocycles. The van der Waals surface area contributed by atoms with Crippen molar-refractivity contribution in [2.24, 2.45) is 5.10 Å². The molecule has 5 aromatic rings. The van der Waals surface area contributed by atoms with Gasteiger partial charge in [-0.2, -0.15) is 5.10 Å². The number of carbonyl (C=O) groups is 1. The van der Waals surface area contributed by atoms with Gasteiger partial charge in [-0.3, -0.25) is 4.79 Å². The third-order valence-electron chi connectivity index (χ3n) is 6.07. The van der Waals surface area contributed by atoms with E-state index in [0.29, 0.717) is 44.3 Å². The minimum absolute atomic E-state index is 0.173. The normalized spacial score (nSPS) is 11.0. The molecule has 0 spiro atoms. The predicted molar refractivity (Wildman–Crippen MR) is 176 cm³/mol. The highest BCUT2D eigenvalue weighted by Gasteiger charge is 2.14. The Morgan fingerprint density at radius 3 is 2.49 bits per heavy atom. The fourth-order valence-corrected chi connectivity index (χ4v) is 5.46. The van der Waals surface area contributed by atoms with Crippen LogP contribution in [0.4, 0.5) is 10.8 Å². The lowest BCUT2D eigenvalue weighted by Crippen LogP contribution is -2.17. The molecular weight excluding hydrogens is 627 g/mol. The van der Waals surface area contributed by atoms with Crippen LogP contribution in [0.3, 0.4) is 0 Å². The molecule has 5 rings (SSSR count). The molecule has 0 radical (unpaired) electrons. The minimum Gasteiger partial charge on any atom is -0.490 e. The number of amides is 1. The van der Waals surface area contributed by atoms with Crippen LogP contribution in [0.25, 0.3) is 11.3 Å². The molecular formula is C32H25Cl3N4O3S. The number of hydrogen-bond donors (Lipinski definition) is 2. The molecule has 0 aliphatic rings. The van der Waals surface area contributed by atoms with Crippen molar-refractivity contribution in [3.8, 4) is 22.8 Å². The zero-order valence-corrected chi connectivity index (χ0v) is 25.9. The Hall–Kier alpha value is -4.08. The highest BCUT2D eigenvalue weighted by molar-refractivity contribution is 7.14. The molecule has 11 heteroatoms. The molecule has 0 bridgehead atoms. The van der Waals surface area contributed by atoms with Crippen molar-refractivity contribution in [3.05, 3.63) is 122 Å². The highest BCUT2D eigenvalue weighted by atomic mass is 35.5. The maximum absolute atomic E-state index is 12.7. The Balaban J connectivity index is 1.21. The van der Waals surface area contributed by atoms with Gasteiger partial charge in [0.05, 0.1) is 23.5 Å². The first-order valence-electron chi connectivity index (χ1n) is 13.1. The Morgan fingerprint density at radius 2 is 1.74 bits per heavy atom. The van der Waals surface area contributed by atoms with E-state index in [4.69, 9.17) is 44.3 Å². The van der Waals surface area contributed by atoms with E-state index in [1.165, 1.54) is 17.6 Å². The van der Waals surface area contributed by atoms with Crippen LogP contribution >= 0.6 is 46.1 Å². The second-order valence-electron chi connectivity index (χ2n) is 9.09. The van der Waals surface area contributed by atoms with E-state index in [-0.39, 0.29) is 12.5 Å². The number of ether oxygens (including phenoxy) is 2. The third-order valence-corrected chi connectivity index (χ3v) is 7.70. The zero-order valence-electron chi connectivity index (χ0n) is 22.8. The van der Waals surface area contributed by atoms with Crippen LogP contribution in [0.2, 0.25) is 15.1 Å². The molecule has 43 heavy (non-hydrogen) atoms. The Labute approximate surface area is 268 Å². The summed E-state index contributed by atoms with van der Waals surface area (Å²) < 4.78 is 11.7. The zero-order chi connectivity index (χ0) is 30.2. The van der Waals surface area contributed by atoms with Crippen molar-refractivity contribution in [3.63, 3.8) is 0 Å². The number of hydrogen-bond acceptors (Lipinski definition) is 7. The van der Waals surface area contributed by atoms with Crippen molar-refractivity contribution in [1.82, 2.24) is 10.4 Å². The lowest BCUT2D eigenvalue weighted by molar-refractivity contribution is 0.0955. The number of rotatable bonds is 11. The number of nitrogens with zero attached hydrogens (tertiary/aromatic N) is 2. The molecule has 1 aromatic heterocycles. The molecule has 2 N–H and O–H groups in total. The number of anilines is 2. The van der Waals surface area contributed by atoms with Crippen LogP contribution in [0.15, 0.2) is 95.4 Å². The number of nitrogens with one attached hydrogen (secondary N) is 2. The van der Waals surface area contributed by atoms with E-state index >= 15 is 0 Å². The number of carbonyl (C=O) groups excluding carboxylic acids is 1. The lowest BCUT2D eigenvalue weighted by atomic mass is 10.1. The van der Waals surface area contributed by atoms with Gasteiger partial charge in [0.25, 0.3) is 5.91 Å². The molecule has 218 valence electrons. The van der Waals surface area contributed by atoms with Crippen molar-refractivity contribution < 1.29 is 14.3 Å². The standard InChI is InChI=1S/C32H25Cl3N4O3S/c1-2-41-29-15-20(14-27(35)30(29)42-18-23-12-13-24(33)16-26(23)34)17-36-39-31(40)22-10-8-21(9-11-22)28-19-43-32(38-28)37-25-6-4-3-5-7-25/h3-17,19H,2,18H2,1H3,(H,37,38)(H,39,40)/b36-17-. The molecule has 0 saturated carbocycles. The fourth-order valence-electron chi connectivity index (χ4n) is 3.99. The number of benzene rings is 4. The summed E-state index contributed by atoms with van der Waals surface area (Å²) in [5.74, 6) is 0.454. The largest absolute Gasteiger partial charge is 0.490 e. The van der Waals surface area contributed by atoms with Crippen molar-refractivity contribution >= 4 is 69.1 Å². The lowest BCUT2D eigenvalue weighted by Gasteiger charge is -2.15. The van der Waals surface area contributed by atoms with Crippen LogP contribution in [-0.2, 0) is 6.61 Å². The SMILES string of the molecule is CCOc1cc(/C=N\NC(=O)c2ccc(-c3csc(Nc4ccccc4)n3)cc2)cc(Cl)c1OCc1ccc(Cl)cc1Cl. The average Bonchev–Trinajstić information content (AvgIpc) is 3.47. The first kappa shape index (κ1) is 30.4. The Bertz CT molecular complexity index is 1750. The van der Waals surface area contributed by atoms with Gasteiger partial charge in [0, 0.05) is 37.8 Å². The summed E-state index contributed by atoms with van der Waals surface area (Å²) in [5.41, 5.74) is 7.06. The van der Waals surface area contributed by atoms with Gasteiger partial charge >= 0.3 is 0 Å². The van der Waals surface area contributed by atoms with E-state index in [1.54, 1.807) is 42.5 Å². The third kappa shape index (κ3) is 8.06. The molecule has 0 saturated heterocycles. The summed E-state index contributed by atoms with van der Waals surface area (Å²) >= 11 is 20.3. The van der Waals surface area contributed by atoms with Gasteiger partial charge in [0.2, 0.25) is 0 Å².